The molecule has 250 valence electrons. The van der Waals surface area contributed by atoms with Gasteiger partial charge in [-0.25, -0.2) is 4.79 Å². The van der Waals surface area contributed by atoms with Crippen LogP contribution in [0.25, 0.3) is 0 Å². The van der Waals surface area contributed by atoms with Crippen LogP contribution in [0.5, 0.6) is 0 Å². The van der Waals surface area contributed by atoms with Crippen LogP contribution >= 0.6 is 11.6 Å². The van der Waals surface area contributed by atoms with Gasteiger partial charge in [0.05, 0.1) is 6.04 Å². The Balaban J connectivity index is 1.10. The van der Waals surface area contributed by atoms with Crippen LogP contribution in [0, 0.1) is 5.92 Å². The highest BCUT2D eigenvalue weighted by Gasteiger charge is 2.40. The van der Waals surface area contributed by atoms with Crippen molar-refractivity contribution < 1.29 is 9.59 Å². The van der Waals surface area contributed by atoms with Crippen LogP contribution in [-0.4, -0.2) is 88.9 Å². The lowest BCUT2D eigenvalue weighted by molar-refractivity contribution is -0.136. The molecule has 0 bridgehead atoms. The molecule has 8 heteroatoms. The van der Waals surface area contributed by atoms with E-state index in [1.54, 1.807) is 4.90 Å². The molecular weight excluding hydrogens is 594 g/mol. The van der Waals surface area contributed by atoms with E-state index >= 15 is 0 Å². The number of amides is 3. The van der Waals surface area contributed by atoms with Crippen LogP contribution in [-0.2, 0) is 24.3 Å². The van der Waals surface area contributed by atoms with Crippen LogP contribution in [0.1, 0.15) is 87.8 Å². The first kappa shape index (κ1) is 33.3. The number of likely N-dealkylation sites (tertiary alicyclic amines) is 1. The van der Waals surface area contributed by atoms with Crippen molar-refractivity contribution in [1.82, 2.24) is 24.9 Å². The Labute approximate surface area is 281 Å². The molecule has 2 aliphatic heterocycles. The number of carbonyl (C=O) groups excluding carboxylic acids is 2. The third kappa shape index (κ3) is 7.74. The first-order valence-electron chi connectivity index (χ1n) is 17.9. The van der Waals surface area contributed by atoms with Crippen molar-refractivity contribution in [1.29, 1.82) is 0 Å². The maximum absolute atomic E-state index is 14.3. The number of urea groups is 1. The number of rotatable bonds is 8. The monoisotopic (exact) mass is 647 g/mol. The van der Waals surface area contributed by atoms with Crippen LogP contribution in [0.4, 0.5) is 4.79 Å². The number of piperidine rings is 1. The highest BCUT2D eigenvalue weighted by atomic mass is 35.5. The van der Waals surface area contributed by atoms with Gasteiger partial charge in [0, 0.05) is 69.5 Å². The lowest BCUT2D eigenvalue weighted by Gasteiger charge is -2.48. The third-order valence-corrected chi connectivity index (χ3v) is 11.5. The minimum Gasteiger partial charge on any atom is -0.341 e. The number of nitrogens with zero attached hydrogens (tertiary/aromatic N) is 4. The molecule has 2 aromatic carbocycles. The summed E-state index contributed by atoms with van der Waals surface area (Å²) in [4.78, 5) is 36.5. The summed E-state index contributed by atoms with van der Waals surface area (Å²) in [7, 11) is 3.73. The number of nitrogens with one attached hydrogen (secondary N) is 1. The van der Waals surface area contributed by atoms with Crippen molar-refractivity contribution in [3.63, 3.8) is 0 Å². The van der Waals surface area contributed by atoms with Crippen molar-refractivity contribution in [2.45, 2.75) is 121 Å². The quantitative estimate of drug-likeness (QED) is 0.346. The topological polar surface area (TPSA) is 59.1 Å². The molecule has 4 aliphatic rings. The Bertz CT molecular complexity index is 1300. The van der Waals surface area contributed by atoms with E-state index in [1.807, 2.05) is 26.2 Å². The van der Waals surface area contributed by atoms with E-state index in [-0.39, 0.29) is 29.9 Å². The summed E-state index contributed by atoms with van der Waals surface area (Å²) in [5, 5.41) is 4.58. The molecule has 2 heterocycles. The van der Waals surface area contributed by atoms with Gasteiger partial charge in [0.1, 0.15) is 0 Å². The average Bonchev–Trinajstić information content (AvgIpc) is 3.51. The minimum absolute atomic E-state index is 0.124. The zero-order valence-electron chi connectivity index (χ0n) is 28.2. The van der Waals surface area contributed by atoms with Crippen molar-refractivity contribution in [3.05, 3.63) is 70.2 Å². The summed E-state index contributed by atoms with van der Waals surface area (Å²) in [6, 6.07) is 18.1. The number of fused-ring (bicyclic) bond motifs is 1. The molecule has 3 amide bonds. The Morgan fingerprint density at radius 2 is 1.54 bits per heavy atom. The molecule has 2 aromatic rings. The molecule has 3 atom stereocenters. The maximum atomic E-state index is 14.3. The molecule has 2 aliphatic carbocycles. The zero-order chi connectivity index (χ0) is 32.2. The fraction of sp³-hybridized carbons (Fsp3) is 0.632. The van der Waals surface area contributed by atoms with Gasteiger partial charge in [0.2, 0.25) is 5.91 Å². The highest BCUT2D eigenvalue weighted by Crippen LogP contribution is 2.33. The fourth-order valence-corrected chi connectivity index (χ4v) is 8.84. The van der Waals surface area contributed by atoms with E-state index < -0.39 is 0 Å². The lowest BCUT2D eigenvalue weighted by Crippen LogP contribution is -2.60. The summed E-state index contributed by atoms with van der Waals surface area (Å²) in [6.45, 7) is 5.74. The Hall–Kier alpha value is -2.61. The predicted octanol–water partition coefficient (Wildman–Crippen LogP) is 6.72. The Morgan fingerprint density at radius 3 is 2.15 bits per heavy atom. The Kier molecular flexibility index (Phi) is 10.9. The second-order valence-electron chi connectivity index (χ2n) is 14.7. The van der Waals surface area contributed by atoms with Gasteiger partial charge in [-0.15, -0.1) is 0 Å². The van der Waals surface area contributed by atoms with Crippen molar-refractivity contribution >= 4 is 23.5 Å². The molecule has 2 saturated carbocycles. The van der Waals surface area contributed by atoms with E-state index in [1.165, 1.54) is 30.4 Å². The SMILES string of the molecule is CC1CN(C(=O)[C@@H](Cc2ccc(Cl)cc2)N[C@H]2CC[C@@H](N3Cc4ccccc4C3)CC2)CCC1N(C(=O)N(C)C)C1CCCCC1. The van der Waals surface area contributed by atoms with Crippen molar-refractivity contribution in [2.75, 3.05) is 27.2 Å². The molecule has 0 spiro atoms. The molecule has 0 radical (unpaired) electrons. The number of carbonyl (C=O) groups is 2. The standard InChI is InChI=1S/C38H54ClN5O2/c1-27-24-42(22-21-36(27)44(38(46)41(2)3)34-11-5-4-6-12-34)37(45)35(23-28-13-15-31(39)16-14-28)40-32-17-19-33(20-18-32)43-25-29-9-7-8-10-30(29)26-43/h7-10,13-16,27,32-36,40H,4-6,11-12,17-26H2,1-3H3/t27?,32-,33+,35-,36?/m1/s1. The fourth-order valence-electron chi connectivity index (χ4n) is 8.71. The average molecular weight is 648 g/mol. The van der Waals surface area contributed by atoms with Crippen molar-refractivity contribution in [2.24, 2.45) is 5.92 Å². The molecule has 1 N–H and O–H groups in total. The predicted molar refractivity (Wildman–Crippen MR) is 186 cm³/mol. The second kappa shape index (κ2) is 15.1. The first-order chi connectivity index (χ1) is 22.3. The van der Waals surface area contributed by atoms with Crippen LogP contribution in [0.3, 0.4) is 0 Å². The first-order valence-corrected chi connectivity index (χ1v) is 18.2. The van der Waals surface area contributed by atoms with E-state index in [9.17, 15) is 9.59 Å². The number of hydrogen-bond acceptors (Lipinski definition) is 4. The summed E-state index contributed by atoms with van der Waals surface area (Å²) in [6.07, 6.45) is 11.8. The summed E-state index contributed by atoms with van der Waals surface area (Å²) < 4.78 is 0. The number of halogens is 1. The van der Waals surface area contributed by atoms with Gasteiger partial charge in [-0.05, 0) is 86.1 Å². The van der Waals surface area contributed by atoms with Crippen LogP contribution < -0.4 is 5.32 Å². The van der Waals surface area contributed by atoms with Gasteiger partial charge in [0.15, 0.2) is 0 Å². The molecule has 3 fully saturated rings. The van der Waals surface area contributed by atoms with E-state index in [4.69, 9.17) is 11.6 Å². The molecule has 6 rings (SSSR count). The summed E-state index contributed by atoms with van der Waals surface area (Å²) in [5.74, 6) is 0.417. The number of hydrogen-bond donors (Lipinski definition) is 1. The van der Waals surface area contributed by atoms with Gasteiger partial charge >= 0.3 is 6.03 Å². The third-order valence-electron chi connectivity index (χ3n) is 11.3. The maximum Gasteiger partial charge on any atom is 0.319 e. The molecule has 2 unspecified atom stereocenters. The number of benzene rings is 2. The van der Waals surface area contributed by atoms with Gasteiger partial charge < -0.3 is 20.0 Å². The smallest absolute Gasteiger partial charge is 0.319 e. The summed E-state index contributed by atoms with van der Waals surface area (Å²) >= 11 is 6.21. The molecular formula is C38H54ClN5O2. The van der Waals surface area contributed by atoms with Crippen LogP contribution in [0.2, 0.25) is 5.02 Å². The van der Waals surface area contributed by atoms with Gasteiger partial charge in [0.25, 0.3) is 0 Å². The molecule has 0 aromatic heterocycles. The van der Waals surface area contributed by atoms with Gasteiger partial charge in [-0.3, -0.25) is 9.69 Å². The summed E-state index contributed by atoms with van der Waals surface area (Å²) in [5.41, 5.74) is 4.08. The second-order valence-corrected chi connectivity index (χ2v) is 15.2. The zero-order valence-corrected chi connectivity index (χ0v) is 28.9. The van der Waals surface area contributed by atoms with Gasteiger partial charge in [-0.2, -0.15) is 0 Å². The normalized spacial score (nSPS) is 26.4. The Morgan fingerprint density at radius 1 is 0.891 bits per heavy atom. The van der Waals surface area contributed by atoms with E-state index in [0.29, 0.717) is 42.7 Å². The van der Waals surface area contributed by atoms with E-state index in [2.05, 4.69) is 63.3 Å². The molecule has 1 saturated heterocycles. The largest absolute Gasteiger partial charge is 0.341 e. The van der Waals surface area contributed by atoms with Gasteiger partial charge in [-0.1, -0.05) is 74.2 Å². The molecule has 46 heavy (non-hydrogen) atoms. The van der Waals surface area contributed by atoms with Crippen LogP contribution in [0.15, 0.2) is 48.5 Å². The van der Waals surface area contributed by atoms with E-state index in [0.717, 1.165) is 63.6 Å². The minimum atomic E-state index is -0.277. The molecule has 7 nitrogen and oxygen atoms in total. The van der Waals surface area contributed by atoms with Crippen molar-refractivity contribution in [3.8, 4) is 0 Å². The highest BCUT2D eigenvalue weighted by molar-refractivity contribution is 6.30. The lowest BCUT2D eigenvalue weighted by atomic mass is 9.87.